The maximum atomic E-state index is 14.2. The van der Waals surface area contributed by atoms with Crippen molar-refractivity contribution in [1.29, 1.82) is 0 Å². The molecule has 0 saturated heterocycles. The van der Waals surface area contributed by atoms with Gasteiger partial charge < -0.3 is 4.90 Å². The molecule has 0 saturated carbocycles. The SMILES string of the molecule is CCCN(CCC)c1cc(F)c(F)c(C(F)(F)C(F)(F)F)c1F. The van der Waals surface area contributed by atoms with Crippen LogP contribution >= 0.6 is 0 Å². The van der Waals surface area contributed by atoms with Crippen LogP contribution in [0.5, 0.6) is 0 Å². The van der Waals surface area contributed by atoms with E-state index >= 15 is 0 Å². The maximum absolute atomic E-state index is 14.2. The number of benzene rings is 1. The first-order valence-electron chi connectivity index (χ1n) is 6.86. The number of anilines is 1. The van der Waals surface area contributed by atoms with Crippen molar-refractivity contribution in [3.8, 4) is 0 Å². The summed E-state index contributed by atoms with van der Waals surface area (Å²) in [7, 11) is 0. The Morgan fingerprint density at radius 2 is 1.35 bits per heavy atom. The van der Waals surface area contributed by atoms with Gasteiger partial charge in [-0.05, 0) is 12.8 Å². The third kappa shape index (κ3) is 3.69. The second-order valence-electron chi connectivity index (χ2n) is 4.94. The van der Waals surface area contributed by atoms with Crippen molar-refractivity contribution in [1.82, 2.24) is 0 Å². The van der Waals surface area contributed by atoms with Gasteiger partial charge in [-0.25, -0.2) is 13.2 Å². The van der Waals surface area contributed by atoms with E-state index in [0.29, 0.717) is 18.9 Å². The van der Waals surface area contributed by atoms with Crippen LogP contribution in [0.2, 0.25) is 0 Å². The predicted octanol–water partition coefficient (Wildman–Crippen LogP) is 5.38. The molecule has 0 unspecified atom stereocenters. The van der Waals surface area contributed by atoms with Gasteiger partial charge in [0.1, 0.15) is 5.56 Å². The number of rotatable bonds is 6. The summed E-state index contributed by atoms with van der Waals surface area (Å²) in [6, 6.07) is 0.298. The van der Waals surface area contributed by atoms with Crippen LogP contribution in [-0.2, 0) is 5.92 Å². The topological polar surface area (TPSA) is 3.24 Å². The Bertz CT molecular complexity index is 547. The van der Waals surface area contributed by atoms with Gasteiger partial charge in [0.25, 0.3) is 0 Å². The molecule has 0 fully saturated rings. The lowest BCUT2D eigenvalue weighted by Crippen LogP contribution is -2.37. The van der Waals surface area contributed by atoms with E-state index in [1.807, 2.05) is 0 Å². The van der Waals surface area contributed by atoms with E-state index in [1.54, 1.807) is 13.8 Å². The van der Waals surface area contributed by atoms with Crippen molar-refractivity contribution >= 4 is 5.69 Å². The Morgan fingerprint density at radius 1 is 0.870 bits per heavy atom. The molecule has 9 heteroatoms. The highest BCUT2D eigenvalue weighted by atomic mass is 19.4. The fourth-order valence-electron chi connectivity index (χ4n) is 2.13. The number of alkyl halides is 5. The highest BCUT2D eigenvalue weighted by Crippen LogP contribution is 2.47. The molecule has 1 aromatic carbocycles. The first kappa shape index (κ1) is 19.5. The molecule has 0 bridgehead atoms. The number of nitrogens with zero attached hydrogens (tertiary/aromatic N) is 1. The summed E-state index contributed by atoms with van der Waals surface area (Å²) in [5, 5.41) is 0. The predicted molar refractivity (Wildman–Crippen MR) is 69.1 cm³/mol. The summed E-state index contributed by atoms with van der Waals surface area (Å²) >= 11 is 0. The molecule has 0 spiro atoms. The van der Waals surface area contributed by atoms with Gasteiger partial charge in [0, 0.05) is 19.2 Å². The first-order valence-corrected chi connectivity index (χ1v) is 6.86. The van der Waals surface area contributed by atoms with E-state index in [0.717, 1.165) is 4.90 Å². The van der Waals surface area contributed by atoms with Crippen LogP contribution < -0.4 is 4.90 Å². The summed E-state index contributed by atoms with van der Waals surface area (Å²) in [6.07, 6.45) is -5.44. The number of halogens is 8. The van der Waals surface area contributed by atoms with Crippen LogP contribution in [-0.4, -0.2) is 19.3 Å². The first-order chi connectivity index (χ1) is 10.5. The van der Waals surface area contributed by atoms with Gasteiger partial charge in [-0.1, -0.05) is 13.8 Å². The Balaban J connectivity index is 3.61. The van der Waals surface area contributed by atoms with Crippen LogP contribution in [0.1, 0.15) is 32.3 Å². The fraction of sp³-hybridized carbons (Fsp3) is 0.571. The number of hydrogen-bond donors (Lipinski definition) is 0. The van der Waals surface area contributed by atoms with Crippen LogP contribution in [0.3, 0.4) is 0 Å². The quantitative estimate of drug-likeness (QED) is 0.492. The van der Waals surface area contributed by atoms with Gasteiger partial charge in [0.2, 0.25) is 0 Å². The van der Waals surface area contributed by atoms with Gasteiger partial charge in [0.05, 0.1) is 5.69 Å². The van der Waals surface area contributed by atoms with E-state index in [1.165, 1.54) is 0 Å². The highest BCUT2D eigenvalue weighted by Gasteiger charge is 2.62. The van der Waals surface area contributed by atoms with E-state index in [9.17, 15) is 35.1 Å². The average Bonchev–Trinajstić information content (AvgIpc) is 2.41. The molecule has 0 aliphatic heterocycles. The summed E-state index contributed by atoms with van der Waals surface area (Å²) in [5.41, 5.74) is -3.43. The lowest BCUT2D eigenvalue weighted by molar-refractivity contribution is -0.291. The Kier molecular flexibility index (Phi) is 5.87. The maximum Gasteiger partial charge on any atom is 0.458 e. The fourth-order valence-corrected chi connectivity index (χ4v) is 2.13. The van der Waals surface area contributed by atoms with Gasteiger partial charge >= 0.3 is 12.1 Å². The van der Waals surface area contributed by atoms with Gasteiger partial charge in [-0.2, -0.15) is 22.0 Å². The molecule has 0 amide bonds. The molecule has 0 heterocycles. The van der Waals surface area contributed by atoms with Gasteiger partial charge in [-0.15, -0.1) is 0 Å². The molecule has 1 aromatic rings. The average molecular weight is 349 g/mol. The molecule has 0 aliphatic carbocycles. The van der Waals surface area contributed by atoms with Crippen molar-refractivity contribution in [3.63, 3.8) is 0 Å². The minimum atomic E-state index is -6.25. The monoisotopic (exact) mass is 349 g/mol. The second-order valence-corrected chi connectivity index (χ2v) is 4.94. The Hall–Kier alpha value is -1.54. The lowest BCUT2D eigenvalue weighted by atomic mass is 10.0. The van der Waals surface area contributed by atoms with Gasteiger partial charge in [-0.3, -0.25) is 0 Å². The van der Waals surface area contributed by atoms with E-state index in [2.05, 4.69) is 0 Å². The van der Waals surface area contributed by atoms with Crippen LogP contribution in [0, 0.1) is 17.5 Å². The molecule has 0 aromatic heterocycles. The highest BCUT2D eigenvalue weighted by molar-refractivity contribution is 5.52. The van der Waals surface area contributed by atoms with Crippen LogP contribution in [0.25, 0.3) is 0 Å². The van der Waals surface area contributed by atoms with Crippen LogP contribution in [0.15, 0.2) is 6.07 Å². The standard InChI is InChI=1S/C14H15F8N/c1-3-5-23(6-4-2)9-7-8(15)11(16)10(12(9)17)13(18,19)14(20,21)22/h7H,3-6H2,1-2H3. The zero-order valence-corrected chi connectivity index (χ0v) is 12.4. The van der Waals surface area contributed by atoms with E-state index in [-0.39, 0.29) is 13.1 Å². The summed E-state index contributed by atoms with van der Waals surface area (Å²) in [5.74, 6) is -12.4. The molecule has 0 N–H and O–H groups in total. The molecule has 23 heavy (non-hydrogen) atoms. The lowest BCUT2D eigenvalue weighted by Gasteiger charge is -2.27. The molecule has 0 atom stereocenters. The number of hydrogen-bond acceptors (Lipinski definition) is 1. The Labute approximate surface area is 127 Å². The molecule has 0 aliphatic rings. The van der Waals surface area contributed by atoms with E-state index < -0.39 is 40.8 Å². The normalized spacial score (nSPS) is 12.6. The third-order valence-electron chi connectivity index (χ3n) is 3.13. The zero-order valence-electron chi connectivity index (χ0n) is 12.4. The van der Waals surface area contributed by atoms with Crippen LogP contribution in [0.4, 0.5) is 40.8 Å². The summed E-state index contributed by atoms with van der Waals surface area (Å²) < 4.78 is 105. The van der Waals surface area contributed by atoms with Crippen molar-refractivity contribution in [2.24, 2.45) is 0 Å². The van der Waals surface area contributed by atoms with Crippen molar-refractivity contribution in [2.75, 3.05) is 18.0 Å². The minimum Gasteiger partial charge on any atom is -0.369 e. The largest absolute Gasteiger partial charge is 0.458 e. The summed E-state index contributed by atoms with van der Waals surface area (Å²) in [4.78, 5) is 1.10. The third-order valence-corrected chi connectivity index (χ3v) is 3.13. The van der Waals surface area contributed by atoms with Gasteiger partial charge in [0.15, 0.2) is 17.5 Å². The molecular weight excluding hydrogens is 334 g/mol. The zero-order chi connectivity index (χ0) is 18.0. The molecule has 1 rings (SSSR count). The smallest absolute Gasteiger partial charge is 0.369 e. The van der Waals surface area contributed by atoms with Crippen molar-refractivity contribution in [3.05, 3.63) is 29.1 Å². The summed E-state index contributed by atoms with van der Waals surface area (Å²) in [6.45, 7) is 3.50. The molecule has 1 nitrogen and oxygen atoms in total. The molecule has 0 radical (unpaired) electrons. The van der Waals surface area contributed by atoms with Crippen molar-refractivity contribution < 1.29 is 35.1 Å². The van der Waals surface area contributed by atoms with E-state index in [4.69, 9.17) is 0 Å². The van der Waals surface area contributed by atoms with Crippen molar-refractivity contribution in [2.45, 2.75) is 38.8 Å². The minimum absolute atomic E-state index is 0.0901. The molecule has 132 valence electrons. The second kappa shape index (κ2) is 6.92. The molecular formula is C14H15F8N. The Morgan fingerprint density at radius 3 is 1.74 bits per heavy atom.